The van der Waals surface area contributed by atoms with Crippen LogP contribution in [0, 0.1) is 6.92 Å². The molecule has 0 spiro atoms. The first-order valence-corrected chi connectivity index (χ1v) is 4.50. The van der Waals surface area contributed by atoms with Gasteiger partial charge in [-0.25, -0.2) is 5.01 Å². The summed E-state index contributed by atoms with van der Waals surface area (Å²) >= 11 is 0. The first-order valence-electron chi connectivity index (χ1n) is 4.50. The molecule has 0 saturated carbocycles. The smallest absolute Gasteiger partial charge is 0.230 e. The number of aromatic nitrogens is 1. The van der Waals surface area contributed by atoms with Crippen molar-refractivity contribution in [3.8, 4) is 0 Å². The number of nitrogens with zero attached hydrogens (tertiary/aromatic N) is 3. The van der Waals surface area contributed by atoms with E-state index in [0.717, 1.165) is 24.1 Å². The Kier molecular flexibility index (Phi) is 2.26. The van der Waals surface area contributed by atoms with E-state index in [-0.39, 0.29) is 6.04 Å². The molecule has 0 aromatic carbocycles. The fourth-order valence-electron chi connectivity index (χ4n) is 1.50. The average Bonchev–Trinajstić information content (AvgIpc) is 2.67. The van der Waals surface area contributed by atoms with E-state index in [1.54, 1.807) is 12.4 Å². The molecule has 0 radical (unpaired) electrons. The second-order valence-corrected chi connectivity index (χ2v) is 3.27. The lowest BCUT2D eigenvalue weighted by atomic mass is 10.1. The minimum absolute atomic E-state index is 0.0283. The third kappa shape index (κ3) is 1.51. The van der Waals surface area contributed by atoms with Crippen molar-refractivity contribution in [3.05, 3.63) is 29.6 Å². The van der Waals surface area contributed by atoms with Gasteiger partial charge in [0, 0.05) is 24.5 Å². The lowest BCUT2D eigenvalue weighted by Gasteiger charge is -2.16. The van der Waals surface area contributed by atoms with E-state index in [1.165, 1.54) is 5.01 Å². The summed E-state index contributed by atoms with van der Waals surface area (Å²) in [7, 11) is 0. The van der Waals surface area contributed by atoms with Crippen LogP contribution in [0.2, 0.25) is 0 Å². The maximum Gasteiger partial charge on any atom is 0.230 e. The summed E-state index contributed by atoms with van der Waals surface area (Å²) in [5.74, 6) is 0. The predicted molar refractivity (Wildman–Crippen MR) is 52.7 cm³/mol. The predicted octanol–water partition coefficient (Wildman–Crippen LogP) is 1.28. The zero-order chi connectivity index (χ0) is 9.97. The number of hydrogen-bond donors (Lipinski definition) is 0. The third-order valence-corrected chi connectivity index (χ3v) is 2.29. The van der Waals surface area contributed by atoms with Crippen molar-refractivity contribution in [3.63, 3.8) is 0 Å². The Morgan fingerprint density at radius 1 is 1.57 bits per heavy atom. The Morgan fingerprint density at radius 3 is 3.07 bits per heavy atom. The molecular formula is C10H11N3O. The van der Waals surface area contributed by atoms with Crippen molar-refractivity contribution < 1.29 is 4.79 Å². The van der Waals surface area contributed by atoms with Crippen LogP contribution in [-0.2, 0) is 4.79 Å². The second kappa shape index (κ2) is 3.57. The molecule has 0 fully saturated rings. The van der Waals surface area contributed by atoms with Crippen LogP contribution in [0.15, 0.2) is 23.4 Å². The van der Waals surface area contributed by atoms with Crippen molar-refractivity contribution in [2.45, 2.75) is 19.4 Å². The lowest BCUT2D eigenvalue weighted by molar-refractivity contribution is -0.119. The van der Waals surface area contributed by atoms with E-state index in [1.807, 2.05) is 19.1 Å². The van der Waals surface area contributed by atoms with E-state index in [9.17, 15) is 4.79 Å². The van der Waals surface area contributed by atoms with Crippen LogP contribution in [0.3, 0.4) is 0 Å². The Bertz CT molecular complexity index is 358. The molecule has 1 aromatic heterocycles. The number of hydrogen-bond acceptors (Lipinski definition) is 3. The maximum atomic E-state index is 10.6. The van der Waals surface area contributed by atoms with Gasteiger partial charge in [-0.15, -0.1) is 0 Å². The van der Waals surface area contributed by atoms with Crippen molar-refractivity contribution in [2.75, 3.05) is 0 Å². The molecule has 0 saturated heterocycles. The van der Waals surface area contributed by atoms with Crippen LogP contribution < -0.4 is 0 Å². The fourth-order valence-corrected chi connectivity index (χ4v) is 1.50. The van der Waals surface area contributed by atoms with Crippen LogP contribution in [0.1, 0.15) is 23.7 Å². The normalized spacial score (nSPS) is 20.1. The highest BCUT2D eigenvalue weighted by Crippen LogP contribution is 2.25. The molecular weight excluding hydrogens is 178 g/mol. The molecule has 72 valence electrons. The molecule has 1 atom stereocenters. The van der Waals surface area contributed by atoms with Crippen molar-refractivity contribution in [1.29, 1.82) is 0 Å². The molecule has 2 rings (SSSR count). The number of hydrazone groups is 1. The van der Waals surface area contributed by atoms with Crippen LogP contribution in [-0.4, -0.2) is 22.6 Å². The standard InChI is InChI=1S/C10H11N3O/c1-8-2-3-9(6-11-8)10-4-5-12-13(10)7-14/h2-3,5-7,10H,4H2,1H3. The number of pyridine rings is 1. The van der Waals surface area contributed by atoms with Gasteiger partial charge >= 0.3 is 0 Å². The molecule has 14 heavy (non-hydrogen) atoms. The molecule has 4 nitrogen and oxygen atoms in total. The zero-order valence-corrected chi connectivity index (χ0v) is 7.92. The summed E-state index contributed by atoms with van der Waals surface area (Å²) in [4.78, 5) is 14.8. The van der Waals surface area contributed by atoms with Gasteiger partial charge in [-0.2, -0.15) is 5.10 Å². The summed E-state index contributed by atoms with van der Waals surface area (Å²) < 4.78 is 0. The summed E-state index contributed by atoms with van der Waals surface area (Å²) in [6, 6.07) is 3.95. The number of carbonyl (C=O) groups excluding carboxylic acids is 1. The largest absolute Gasteiger partial charge is 0.277 e. The maximum absolute atomic E-state index is 10.6. The molecule has 0 N–H and O–H groups in total. The van der Waals surface area contributed by atoms with Gasteiger partial charge in [0.15, 0.2) is 0 Å². The monoisotopic (exact) mass is 189 g/mol. The number of amides is 1. The Morgan fingerprint density at radius 2 is 2.43 bits per heavy atom. The molecule has 1 amide bonds. The molecule has 1 aliphatic heterocycles. The highest BCUT2D eigenvalue weighted by molar-refractivity contribution is 5.65. The first-order chi connectivity index (χ1) is 6.81. The van der Waals surface area contributed by atoms with Crippen LogP contribution in [0.5, 0.6) is 0 Å². The summed E-state index contributed by atoms with van der Waals surface area (Å²) in [6.45, 7) is 1.94. The highest BCUT2D eigenvalue weighted by atomic mass is 16.1. The van der Waals surface area contributed by atoms with Gasteiger partial charge in [0.05, 0.1) is 6.04 Å². The molecule has 0 bridgehead atoms. The lowest BCUT2D eigenvalue weighted by Crippen LogP contribution is -2.17. The van der Waals surface area contributed by atoms with E-state index in [2.05, 4.69) is 10.1 Å². The van der Waals surface area contributed by atoms with Gasteiger partial charge in [0.2, 0.25) is 6.41 Å². The van der Waals surface area contributed by atoms with Crippen molar-refractivity contribution >= 4 is 12.6 Å². The van der Waals surface area contributed by atoms with E-state index in [4.69, 9.17) is 0 Å². The van der Waals surface area contributed by atoms with E-state index >= 15 is 0 Å². The summed E-state index contributed by atoms with van der Waals surface area (Å²) in [6.07, 6.45) is 5.06. The van der Waals surface area contributed by atoms with Gasteiger partial charge < -0.3 is 0 Å². The summed E-state index contributed by atoms with van der Waals surface area (Å²) in [5, 5.41) is 5.37. The SMILES string of the molecule is Cc1ccc(C2CC=NN2C=O)cn1. The zero-order valence-electron chi connectivity index (χ0n) is 7.92. The van der Waals surface area contributed by atoms with Gasteiger partial charge in [-0.3, -0.25) is 9.78 Å². The number of aryl methyl sites for hydroxylation is 1. The van der Waals surface area contributed by atoms with Crippen LogP contribution in [0.25, 0.3) is 0 Å². The van der Waals surface area contributed by atoms with E-state index in [0.29, 0.717) is 0 Å². The van der Waals surface area contributed by atoms with Gasteiger partial charge in [0.1, 0.15) is 0 Å². The highest BCUT2D eigenvalue weighted by Gasteiger charge is 2.21. The van der Waals surface area contributed by atoms with Crippen LogP contribution >= 0.6 is 0 Å². The average molecular weight is 189 g/mol. The van der Waals surface area contributed by atoms with Gasteiger partial charge in [-0.05, 0) is 18.6 Å². The van der Waals surface area contributed by atoms with Gasteiger partial charge in [0.25, 0.3) is 0 Å². The van der Waals surface area contributed by atoms with E-state index < -0.39 is 0 Å². The molecule has 0 aliphatic carbocycles. The summed E-state index contributed by atoms with van der Waals surface area (Å²) in [5.41, 5.74) is 2.01. The van der Waals surface area contributed by atoms with Gasteiger partial charge in [-0.1, -0.05) is 6.07 Å². The Labute approximate surface area is 82.3 Å². The minimum atomic E-state index is 0.0283. The third-order valence-electron chi connectivity index (χ3n) is 2.29. The van der Waals surface area contributed by atoms with Crippen molar-refractivity contribution in [1.82, 2.24) is 9.99 Å². The first kappa shape index (κ1) is 8.87. The van der Waals surface area contributed by atoms with Crippen LogP contribution in [0.4, 0.5) is 0 Å². The quantitative estimate of drug-likeness (QED) is 0.658. The fraction of sp³-hybridized carbons (Fsp3) is 0.300. The molecule has 1 aliphatic rings. The molecule has 4 heteroatoms. The molecule has 2 heterocycles. The molecule has 1 aromatic rings. The number of rotatable bonds is 2. The minimum Gasteiger partial charge on any atom is -0.277 e. The Hall–Kier alpha value is -1.71. The number of carbonyl (C=O) groups is 1. The molecule has 1 unspecified atom stereocenters. The van der Waals surface area contributed by atoms with Crippen molar-refractivity contribution in [2.24, 2.45) is 5.10 Å². The second-order valence-electron chi connectivity index (χ2n) is 3.27. The Balaban J connectivity index is 2.23. The topological polar surface area (TPSA) is 45.6 Å².